The molecule has 1 heterocycles. The fourth-order valence-corrected chi connectivity index (χ4v) is 1.77. The molecule has 0 fully saturated rings. The molecule has 4 heteroatoms. The van der Waals surface area contributed by atoms with Crippen LogP contribution in [0.3, 0.4) is 0 Å². The van der Waals surface area contributed by atoms with E-state index in [4.69, 9.17) is 4.42 Å². The Bertz CT molecular complexity index is 669. The van der Waals surface area contributed by atoms with Gasteiger partial charge in [0.25, 0.3) is 5.91 Å². The van der Waals surface area contributed by atoms with Gasteiger partial charge < -0.3 is 4.42 Å². The first-order valence-corrected chi connectivity index (χ1v) is 6.46. The molecule has 2 aromatic rings. The zero-order valence-electron chi connectivity index (χ0n) is 12.2. The minimum atomic E-state index is -0.226. The number of rotatable bonds is 3. The number of hydrazone groups is 1. The van der Waals surface area contributed by atoms with Gasteiger partial charge in [-0.3, -0.25) is 4.79 Å². The SMILES string of the molecule is C/C(=N\NC(=O)c1ccc(C)c(C)c1)c1ccc(C)o1. The van der Waals surface area contributed by atoms with Gasteiger partial charge in [-0.1, -0.05) is 6.07 Å². The third-order valence-corrected chi connectivity index (χ3v) is 3.19. The maximum absolute atomic E-state index is 12.0. The van der Waals surface area contributed by atoms with Crippen LogP contribution in [0.25, 0.3) is 0 Å². The predicted molar refractivity (Wildman–Crippen MR) is 79.0 cm³/mol. The summed E-state index contributed by atoms with van der Waals surface area (Å²) in [4.78, 5) is 12.0. The second kappa shape index (κ2) is 5.74. The van der Waals surface area contributed by atoms with Gasteiger partial charge in [-0.25, -0.2) is 5.43 Å². The molecule has 0 radical (unpaired) electrons. The number of carbonyl (C=O) groups is 1. The molecule has 1 amide bonds. The van der Waals surface area contributed by atoms with Crippen LogP contribution in [0.1, 0.15) is 39.9 Å². The number of aryl methyl sites for hydroxylation is 3. The highest BCUT2D eigenvalue weighted by atomic mass is 16.3. The van der Waals surface area contributed by atoms with Crippen molar-refractivity contribution in [3.63, 3.8) is 0 Å². The van der Waals surface area contributed by atoms with Crippen molar-refractivity contribution < 1.29 is 9.21 Å². The Kier molecular flexibility index (Phi) is 4.03. The molecule has 20 heavy (non-hydrogen) atoms. The van der Waals surface area contributed by atoms with Crippen molar-refractivity contribution in [2.45, 2.75) is 27.7 Å². The highest BCUT2D eigenvalue weighted by Gasteiger charge is 2.07. The lowest BCUT2D eigenvalue weighted by Crippen LogP contribution is -2.19. The van der Waals surface area contributed by atoms with E-state index in [2.05, 4.69) is 10.5 Å². The summed E-state index contributed by atoms with van der Waals surface area (Å²) in [5.74, 6) is 1.24. The van der Waals surface area contributed by atoms with Gasteiger partial charge in [0.1, 0.15) is 17.2 Å². The molecule has 0 bridgehead atoms. The molecular formula is C16H18N2O2. The Morgan fingerprint density at radius 3 is 2.45 bits per heavy atom. The number of amides is 1. The van der Waals surface area contributed by atoms with Crippen LogP contribution in [0.5, 0.6) is 0 Å². The van der Waals surface area contributed by atoms with Gasteiger partial charge in [0.2, 0.25) is 0 Å². The average Bonchev–Trinajstić information content (AvgIpc) is 2.85. The normalized spacial score (nSPS) is 11.5. The molecule has 1 aromatic carbocycles. The van der Waals surface area contributed by atoms with Crippen molar-refractivity contribution in [1.29, 1.82) is 0 Å². The van der Waals surface area contributed by atoms with Crippen molar-refractivity contribution in [1.82, 2.24) is 5.43 Å². The molecule has 2 rings (SSSR count). The second-order valence-electron chi connectivity index (χ2n) is 4.85. The van der Waals surface area contributed by atoms with Crippen molar-refractivity contribution in [2.24, 2.45) is 5.10 Å². The van der Waals surface area contributed by atoms with Crippen LogP contribution in [0.15, 0.2) is 39.9 Å². The first-order chi connectivity index (χ1) is 9.47. The number of furan rings is 1. The molecule has 0 saturated carbocycles. The minimum Gasteiger partial charge on any atom is -0.460 e. The third kappa shape index (κ3) is 3.15. The summed E-state index contributed by atoms with van der Waals surface area (Å²) in [7, 11) is 0. The Balaban J connectivity index is 2.09. The number of carbonyl (C=O) groups excluding carboxylic acids is 1. The van der Waals surface area contributed by atoms with Gasteiger partial charge in [-0.05, 0) is 63.1 Å². The van der Waals surface area contributed by atoms with Gasteiger partial charge in [-0.2, -0.15) is 5.10 Å². The van der Waals surface area contributed by atoms with E-state index in [-0.39, 0.29) is 5.91 Å². The van der Waals surface area contributed by atoms with E-state index in [1.165, 1.54) is 0 Å². The molecule has 0 aliphatic rings. The van der Waals surface area contributed by atoms with Crippen LogP contribution in [-0.2, 0) is 0 Å². The van der Waals surface area contributed by atoms with E-state index in [9.17, 15) is 4.79 Å². The minimum absolute atomic E-state index is 0.226. The summed E-state index contributed by atoms with van der Waals surface area (Å²) in [6.07, 6.45) is 0. The molecule has 1 N–H and O–H groups in total. The molecule has 0 aliphatic carbocycles. The van der Waals surface area contributed by atoms with Crippen LogP contribution in [-0.4, -0.2) is 11.6 Å². The number of hydrogen-bond donors (Lipinski definition) is 1. The van der Waals surface area contributed by atoms with E-state index in [1.54, 1.807) is 13.0 Å². The molecule has 0 saturated heterocycles. The van der Waals surface area contributed by atoms with Crippen molar-refractivity contribution in [2.75, 3.05) is 0 Å². The van der Waals surface area contributed by atoms with E-state index in [0.29, 0.717) is 17.0 Å². The first kappa shape index (κ1) is 14.1. The fraction of sp³-hybridized carbons (Fsp3) is 0.250. The molecular weight excluding hydrogens is 252 g/mol. The molecule has 0 atom stereocenters. The van der Waals surface area contributed by atoms with Crippen LogP contribution in [0.2, 0.25) is 0 Å². The summed E-state index contributed by atoms with van der Waals surface area (Å²) in [5, 5.41) is 4.06. The van der Waals surface area contributed by atoms with Gasteiger partial charge in [0.05, 0.1) is 0 Å². The number of benzene rings is 1. The fourth-order valence-electron chi connectivity index (χ4n) is 1.77. The van der Waals surface area contributed by atoms with E-state index < -0.39 is 0 Å². The van der Waals surface area contributed by atoms with Crippen LogP contribution in [0, 0.1) is 20.8 Å². The average molecular weight is 270 g/mol. The van der Waals surface area contributed by atoms with Gasteiger partial charge in [-0.15, -0.1) is 0 Å². The molecule has 4 nitrogen and oxygen atoms in total. The summed E-state index contributed by atoms with van der Waals surface area (Å²) in [6.45, 7) is 7.65. The summed E-state index contributed by atoms with van der Waals surface area (Å²) < 4.78 is 5.44. The Morgan fingerprint density at radius 1 is 1.10 bits per heavy atom. The van der Waals surface area contributed by atoms with Crippen LogP contribution >= 0.6 is 0 Å². The number of nitrogens with zero attached hydrogens (tertiary/aromatic N) is 1. The van der Waals surface area contributed by atoms with Gasteiger partial charge in [0.15, 0.2) is 0 Å². The smallest absolute Gasteiger partial charge is 0.271 e. The Labute approximate surface area is 118 Å². The zero-order chi connectivity index (χ0) is 14.7. The molecule has 0 spiro atoms. The number of hydrogen-bond acceptors (Lipinski definition) is 3. The lowest BCUT2D eigenvalue weighted by atomic mass is 10.1. The third-order valence-electron chi connectivity index (χ3n) is 3.19. The topological polar surface area (TPSA) is 54.6 Å². The van der Waals surface area contributed by atoms with E-state index in [1.807, 2.05) is 45.0 Å². The highest BCUT2D eigenvalue weighted by molar-refractivity contribution is 5.99. The van der Waals surface area contributed by atoms with E-state index in [0.717, 1.165) is 16.9 Å². The second-order valence-corrected chi connectivity index (χ2v) is 4.85. The predicted octanol–water partition coefficient (Wildman–Crippen LogP) is 3.36. The monoisotopic (exact) mass is 270 g/mol. The maximum Gasteiger partial charge on any atom is 0.271 e. The lowest BCUT2D eigenvalue weighted by Gasteiger charge is -2.04. The van der Waals surface area contributed by atoms with Crippen LogP contribution < -0.4 is 5.43 Å². The van der Waals surface area contributed by atoms with Crippen molar-refractivity contribution in [3.05, 3.63) is 58.5 Å². The van der Waals surface area contributed by atoms with Gasteiger partial charge >= 0.3 is 0 Å². The number of nitrogens with one attached hydrogen (secondary N) is 1. The molecule has 0 aliphatic heterocycles. The molecule has 1 aromatic heterocycles. The summed E-state index contributed by atoms with van der Waals surface area (Å²) in [6, 6.07) is 9.26. The first-order valence-electron chi connectivity index (χ1n) is 6.46. The van der Waals surface area contributed by atoms with Crippen LogP contribution in [0.4, 0.5) is 0 Å². The molecule has 104 valence electrons. The van der Waals surface area contributed by atoms with Crippen molar-refractivity contribution >= 4 is 11.6 Å². The van der Waals surface area contributed by atoms with E-state index >= 15 is 0 Å². The quantitative estimate of drug-likeness (QED) is 0.686. The van der Waals surface area contributed by atoms with Gasteiger partial charge in [0, 0.05) is 5.56 Å². The van der Waals surface area contributed by atoms with Crippen molar-refractivity contribution in [3.8, 4) is 0 Å². The highest BCUT2D eigenvalue weighted by Crippen LogP contribution is 2.10. The standard InChI is InChI=1S/C16H18N2O2/c1-10-5-7-14(9-11(10)2)16(19)18-17-13(4)15-8-6-12(3)20-15/h5-9H,1-4H3,(H,18,19)/b17-13+. The largest absolute Gasteiger partial charge is 0.460 e. The Morgan fingerprint density at radius 2 is 1.85 bits per heavy atom. The Hall–Kier alpha value is -2.36. The maximum atomic E-state index is 12.0. The lowest BCUT2D eigenvalue weighted by molar-refractivity contribution is 0.0954. The summed E-state index contributed by atoms with van der Waals surface area (Å²) in [5.41, 5.74) is 6.02. The molecule has 0 unspecified atom stereocenters. The summed E-state index contributed by atoms with van der Waals surface area (Å²) >= 11 is 0. The zero-order valence-corrected chi connectivity index (χ0v) is 12.2.